The van der Waals surface area contributed by atoms with Crippen molar-refractivity contribution in [2.45, 2.75) is 13.8 Å². The van der Waals surface area contributed by atoms with Gasteiger partial charge in [-0.25, -0.2) is 0 Å². The average Bonchev–Trinajstić information content (AvgIpc) is 2.07. The Morgan fingerprint density at radius 2 is 1.75 bits per heavy atom. The number of benzene rings is 1. The summed E-state index contributed by atoms with van der Waals surface area (Å²) in [6.45, 7) is 3.90. The molecule has 0 aliphatic heterocycles. The van der Waals surface area contributed by atoms with Crippen LogP contribution in [0.4, 0.5) is 0 Å². The number of allylic oxidation sites excluding steroid dienone is 2. The summed E-state index contributed by atoms with van der Waals surface area (Å²) in [5.74, 6) is 0. The highest BCUT2D eigenvalue weighted by Gasteiger charge is 1.99. The van der Waals surface area contributed by atoms with Gasteiger partial charge in [-0.05, 0) is 19.4 Å². The summed E-state index contributed by atoms with van der Waals surface area (Å²) in [6.07, 6.45) is 0. The van der Waals surface area contributed by atoms with E-state index in [0.29, 0.717) is 0 Å². The van der Waals surface area contributed by atoms with Gasteiger partial charge in [0.25, 0.3) is 0 Å². The van der Waals surface area contributed by atoms with Gasteiger partial charge in [0.05, 0.1) is 11.6 Å². The molecule has 0 amide bonds. The number of nitrogens with zero attached hydrogens (tertiary/aromatic N) is 1. The van der Waals surface area contributed by atoms with E-state index in [0.717, 1.165) is 16.7 Å². The van der Waals surface area contributed by atoms with E-state index in [-0.39, 0.29) is 0 Å². The highest BCUT2D eigenvalue weighted by molar-refractivity contribution is 5.78. The van der Waals surface area contributed by atoms with Gasteiger partial charge in [0, 0.05) is 0 Å². The quantitative estimate of drug-likeness (QED) is 0.575. The van der Waals surface area contributed by atoms with Crippen LogP contribution in [0.25, 0.3) is 5.57 Å². The van der Waals surface area contributed by atoms with E-state index in [2.05, 4.69) is 6.07 Å². The maximum atomic E-state index is 8.84. The van der Waals surface area contributed by atoms with E-state index in [1.807, 2.05) is 44.2 Å². The lowest BCUT2D eigenvalue weighted by Gasteiger charge is -1.99. The molecule has 0 saturated heterocycles. The number of hydrogen-bond acceptors (Lipinski definition) is 1. The molecule has 1 heteroatoms. The minimum atomic E-state index is 0.774. The first kappa shape index (κ1) is 8.55. The Balaban J connectivity index is 3.17. The Hall–Kier alpha value is -1.55. The standard InChI is InChI=1S/C11H11N/c1-9(2)11(8-12)10-6-4-3-5-7-10/h3-7H,1-2H3. The summed E-state index contributed by atoms with van der Waals surface area (Å²) >= 11 is 0. The minimum absolute atomic E-state index is 0.774. The zero-order valence-electron chi connectivity index (χ0n) is 7.33. The van der Waals surface area contributed by atoms with Gasteiger partial charge in [0.2, 0.25) is 0 Å². The van der Waals surface area contributed by atoms with Crippen LogP contribution in [0.3, 0.4) is 0 Å². The molecule has 0 aliphatic rings. The molecule has 1 rings (SSSR count). The van der Waals surface area contributed by atoms with Crippen molar-refractivity contribution in [3.8, 4) is 6.07 Å². The topological polar surface area (TPSA) is 23.8 Å². The maximum absolute atomic E-state index is 8.84. The van der Waals surface area contributed by atoms with Crippen LogP contribution in [-0.4, -0.2) is 0 Å². The monoisotopic (exact) mass is 157 g/mol. The molecule has 0 heterocycles. The molecular formula is C11H11N. The third-order valence-corrected chi connectivity index (χ3v) is 1.67. The molecule has 0 saturated carbocycles. The maximum Gasteiger partial charge on any atom is 0.0997 e. The van der Waals surface area contributed by atoms with E-state index >= 15 is 0 Å². The van der Waals surface area contributed by atoms with Crippen LogP contribution in [0.2, 0.25) is 0 Å². The van der Waals surface area contributed by atoms with Crippen molar-refractivity contribution in [2.24, 2.45) is 0 Å². The van der Waals surface area contributed by atoms with Crippen molar-refractivity contribution in [1.29, 1.82) is 5.26 Å². The van der Waals surface area contributed by atoms with Crippen molar-refractivity contribution in [3.05, 3.63) is 41.5 Å². The van der Waals surface area contributed by atoms with Crippen molar-refractivity contribution >= 4 is 5.57 Å². The first-order valence-electron chi connectivity index (χ1n) is 3.88. The highest BCUT2D eigenvalue weighted by atomic mass is 14.2. The largest absolute Gasteiger partial charge is 0.192 e. The van der Waals surface area contributed by atoms with E-state index in [1.54, 1.807) is 0 Å². The van der Waals surface area contributed by atoms with Crippen LogP contribution in [0, 0.1) is 11.3 Å². The van der Waals surface area contributed by atoms with Crippen LogP contribution in [0.1, 0.15) is 19.4 Å². The summed E-state index contributed by atoms with van der Waals surface area (Å²) in [6, 6.07) is 11.9. The van der Waals surface area contributed by atoms with E-state index in [4.69, 9.17) is 5.26 Å². The molecule has 0 atom stereocenters. The third kappa shape index (κ3) is 1.73. The van der Waals surface area contributed by atoms with Crippen molar-refractivity contribution in [3.63, 3.8) is 0 Å². The summed E-state index contributed by atoms with van der Waals surface area (Å²) in [5.41, 5.74) is 2.83. The Bertz CT molecular complexity index is 324. The molecule has 1 aromatic rings. The highest BCUT2D eigenvalue weighted by Crippen LogP contribution is 2.16. The van der Waals surface area contributed by atoms with Crippen molar-refractivity contribution in [2.75, 3.05) is 0 Å². The fourth-order valence-corrected chi connectivity index (χ4v) is 1.07. The minimum Gasteiger partial charge on any atom is -0.192 e. The lowest BCUT2D eigenvalue weighted by atomic mass is 10.0. The van der Waals surface area contributed by atoms with E-state index in [1.165, 1.54) is 0 Å². The second-order valence-electron chi connectivity index (χ2n) is 2.85. The molecule has 0 N–H and O–H groups in total. The average molecular weight is 157 g/mol. The molecular weight excluding hydrogens is 146 g/mol. The zero-order valence-corrected chi connectivity index (χ0v) is 7.33. The fraction of sp³-hybridized carbons (Fsp3) is 0.182. The van der Waals surface area contributed by atoms with Crippen LogP contribution in [0.15, 0.2) is 35.9 Å². The molecule has 1 nitrogen and oxygen atoms in total. The normalized spacial score (nSPS) is 8.75. The van der Waals surface area contributed by atoms with Gasteiger partial charge in [0.1, 0.15) is 0 Å². The molecule has 0 fully saturated rings. The van der Waals surface area contributed by atoms with Crippen LogP contribution < -0.4 is 0 Å². The molecule has 12 heavy (non-hydrogen) atoms. The Morgan fingerprint density at radius 1 is 1.17 bits per heavy atom. The second-order valence-corrected chi connectivity index (χ2v) is 2.85. The fourth-order valence-electron chi connectivity index (χ4n) is 1.07. The van der Waals surface area contributed by atoms with Crippen molar-refractivity contribution < 1.29 is 0 Å². The molecule has 0 unspecified atom stereocenters. The summed E-state index contributed by atoms with van der Waals surface area (Å²) in [5, 5.41) is 8.84. The van der Waals surface area contributed by atoms with Crippen molar-refractivity contribution in [1.82, 2.24) is 0 Å². The van der Waals surface area contributed by atoms with Gasteiger partial charge >= 0.3 is 0 Å². The number of nitriles is 1. The van der Waals surface area contributed by atoms with Gasteiger partial charge in [-0.15, -0.1) is 0 Å². The molecule has 0 aliphatic carbocycles. The van der Waals surface area contributed by atoms with Gasteiger partial charge in [-0.1, -0.05) is 35.9 Å². The smallest absolute Gasteiger partial charge is 0.0997 e. The molecule has 0 bridgehead atoms. The lowest BCUT2D eigenvalue weighted by Crippen LogP contribution is -1.82. The summed E-state index contributed by atoms with van der Waals surface area (Å²) in [4.78, 5) is 0. The Morgan fingerprint density at radius 3 is 2.17 bits per heavy atom. The number of rotatable bonds is 1. The third-order valence-electron chi connectivity index (χ3n) is 1.67. The first-order valence-corrected chi connectivity index (χ1v) is 3.88. The molecule has 0 spiro atoms. The predicted octanol–water partition coefficient (Wildman–Crippen LogP) is 3.00. The van der Waals surface area contributed by atoms with Gasteiger partial charge < -0.3 is 0 Å². The SMILES string of the molecule is CC(C)=C(C#N)c1ccccc1. The van der Waals surface area contributed by atoms with Crippen LogP contribution >= 0.6 is 0 Å². The predicted molar refractivity (Wildman–Crippen MR) is 50.3 cm³/mol. The first-order chi connectivity index (χ1) is 5.75. The van der Waals surface area contributed by atoms with Gasteiger partial charge in [0.15, 0.2) is 0 Å². The Labute approximate surface area is 73.0 Å². The summed E-state index contributed by atoms with van der Waals surface area (Å²) < 4.78 is 0. The van der Waals surface area contributed by atoms with Crippen LogP contribution in [-0.2, 0) is 0 Å². The van der Waals surface area contributed by atoms with E-state index in [9.17, 15) is 0 Å². The Kier molecular flexibility index (Phi) is 2.66. The summed E-state index contributed by atoms with van der Waals surface area (Å²) in [7, 11) is 0. The molecule has 1 aromatic carbocycles. The zero-order chi connectivity index (χ0) is 8.97. The van der Waals surface area contributed by atoms with E-state index < -0.39 is 0 Å². The van der Waals surface area contributed by atoms with Gasteiger partial charge in [-0.3, -0.25) is 0 Å². The van der Waals surface area contributed by atoms with Gasteiger partial charge in [-0.2, -0.15) is 5.26 Å². The number of hydrogen-bond donors (Lipinski definition) is 0. The molecule has 60 valence electrons. The molecule has 0 aromatic heterocycles. The lowest BCUT2D eigenvalue weighted by molar-refractivity contribution is 1.38. The molecule has 0 radical (unpaired) electrons. The second kappa shape index (κ2) is 3.73. The van der Waals surface area contributed by atoms with Crippen LogP contribution in [0.5, 0.6) is 0 Å².